The first-order chi connectivity index (χ1) is 9.47. The van der Waals surface area contributed by atoms with Crippen LogP contribution in [0.15, 0.2) is 42.5 Å². The molecule has 0 radical (unpaired) electrons. The molecule has 0 saturated heterocycles. The highest BCUT2D eigenvalue weighted by molar-refractivity contribution is 14.1. The number of hydrogen-bond acceptors (Lipinski definition) is 0. The van der Waals surface area contributed by atoms with Gasteiger partial charge in [0.15, 0.2) is 0 Å². The van der Waals surface area contributed by atoms with Gasteiger partial charge in [-0.3, -0.25) is 0 Å². The van der Waals surface area contributed by atoms with Gasteiger partial charge in [-0.25, -0.2) is 0 Å². The van der Waals surface area contributed by atoms with E-state index < -0.39 is 0 Å². The van der Waals surface area contributed by atoms with Crippen LogP contribution in [0.25, 0.3) is 0 Å². The van der Waals surface area contributed by atoms with E-state index in [1.54, 1.807) is 0 Å². The minimum absolute atomic E-state index is 0.159. The molecule has 106 valence electrons. The van der Waals surface area contributed by atoms with E-state index in [2.05, 4.69) is 60.7 Å². The summed E-state index contributed by atoms with van der Waals surface area (Å²) in [6.45, 7) is 4.46. The molecule has 0 nitrogen and oxygen atoms in total. The fraction of sp³-hybridized carbons (Fsp3) is 0.294. The first-order valence-corrected chi connectivity index (χ1v) is 8.54. The van der Waals surface area contributed by atoms with Crippen LogP contribution in [0.2, 0.25) is 5.02 Å². The first kappa shape index (κ1) is 16.1. The second kappa shape index (κ2) is 7.15. The van der Waals surface area contributed by atoms with Crippen molar-refractivity contribution in [1.82, 2.24) is 0 Å². The molecule has 0 aliphatic heterocycles. The molecule has 0 saturated carbocycles. The van der Waals surface area contributed by atoms with Gasteiger partial charge in [0.25, 0.3) is 0 Å². The zero-order valence-electron chi connectivity index (χ0n) is 11.5. The van der Waals surface area contributed by atoms with Gasteiger partial charge in [-0.05, 0) is 69.8 Å². The maximum absolute atomic E-state index is 6.60. The van der Waals surface area contributed by atoms with E-state index in [1.165, 1.54) is 5.56 Å². The third-order valence-corrected chi connectivity index (χ3v) is 4.85. The van der Waals surface area contributed by atoms with E-state index in [9.17, 15) is 0 Å². The molecule has 1 atom stereocenters. The third-order valence-electron chi connectivity index (χ3n) is 3.15. The van der Waals surface area contributed by atoms with Crippen molar-refractivity contribution in [3.05, 3.63) is 67.7 Å². The highest BCUT2D eigenvalue weighted by Gasteiger charge is 2.14. The highest BCUT2D eigenvalue weighted by Crippen LogP contribution is 2.33. The van der Waals surface area contributed by atoms with E-state index in [1.807, 2.05) is 18.2 Å². The Labute approximate surface area is 144 Å². The Morgan fingerprint density at radius 1 is 1.05 bits per heavy atom. The van der Waals surface area contributed by atoms with Crippen LogP contribution < -0.4 is 0 Å². The van der Waals surface area contributed by atoms with E-state index in [-0.39, 0.29) is 5.38 Å². The Morgan fingerprint density at radius 3 is 2.30 bits per heavy atom. The van der Waals surface area contributed by atoms with Gasteiger partial charge in [0.1, 0.15) is 0 Å². The molecule has 0 spiro atoms. The molecule has 0 bridgehead atoms. The topological polar surface area (TPSA) is 0 Å². The molecular weight excluding hydrogens is 402 g/mol. The van der Waals surface area contributed by atoms with Crippen molar-refractivity contribution < 1.29 is 0 Å². The summed E-state index contributed by atoms with van der Waals surface area (Å²) in [4.78, 5) is 0. The van der Waals surface area contributed by atoms with Gasteiger partial charge in [0, 0.05) is 8.59 Å². The molecular formula is C17H17Cl2I. The molecule has 0 fully saturated rings. The maximum Gasteiger partial charge on any atom is 0.0846 e. The van der Waals surface area contributed by atoms with Crippen molar-refractivity contribution in [2.24, 2.45) is 5.92 Å². The standard InChI is InChI=1S/C17H17Cl2I/c1-11(2)9-12-3-5-13(6-4-12)17(19)15-10-14(18)7-8-16(15)20/h3-8,10-11,17H,9H2,1-2H3. The normalized spacial score (nSPS) is 12.7. The smallest absolute Gasteiger partial charge is 0.0846 e. The molecule has 0 N–H and O–H groups in total. The molecule has 0 aliphatic carbocycles. The summed E-state index contributed by atoms with van der Waals surface area (Å²) in [5.41, 5.74) is 3.53. The van der Waals surface area contributed by atoms with E-state index in [0.29, 0.717) is 5.92 Å². The molecule has 0 heterocycles. The van der Waals surface area contributed by atoms with Gasteiger partial charge >= 0.3 is 0 Å². The van der Waals surface area contributed by atoms with Gasteiger partial charge in [-0.15, -0.1) is 11.6 Å². The molecule has 0 aromatic heterocycles. The fourth-order valence-electron chi connectivity index (χ4n) is 2.18. The van der Waals surface area contributed by atoms with Crippen LogP contribution in [0.3, 0.4) is 0 Å². The Balaban J connectivity index is 2.24. The summed E-state index contributed by atoms with van der Waals surface area (Å²) in [5.74, 6) is 0.668. The molecule has 2 aromatic carbocycles. The zero-order chi connectivity index (χ0) is 14.7. The summed E-state index contributed by atoms with van der Waals surface area (Å²) in [6.07, 6.45) is 1.10. The van der Waals surface area contributed by atoms with Crippen molar-refractivity contribution in [2.45, 2.75) is 25.6 Å². The summed E-state index contributed by atoms with van der Waals surface area (Å²) < 4.78 is 1.14. The van der Waals surface area contributed by atoms with Crippen molar-refractivity contribution in [2.75, 3.05) is 0 Å². The summed E-state index contributed by atoms with van der Waals surface area (Å²) in [7, 11) is 0. The quantitative estimate of drug-likeness (QED) is 0.394. The zero-order valence-corrected chi connectivity index (χ0v) is 15.2. The van der Waals surface area contributed by atoms with Crippen molar-refractivity contribution >= 4 is 45.8 Å². The van der Waals surface area contributed by atoms with Crippen LogP contribution in [0.4, 0.5) is 0 Å². The summed E-state index contributed by atoms with van der Waals surface area (Å²) in [6, 6.07) is 14.4. The van der Waals surface area contributed by atoms with Crippen LogP contribution in [0.1, 0.15) is 35.9 Å². The Morgan fingerprint density at radius 2 is 1.70 bits per heavy atom. The predicted molar refractivity (Wildman–Crippen MR) is 96.8 cm³/mol. The Bertz CT molecular complexity index is 576. The monoisotopic (exact) mass is 418 g/mol. The lowest BCUT2D eigenvalue weighted by atomic mass is 9.99. The number of halogens is 3. The fourth-order valence-corrected chi connectivity index (χ4v) is 3.52. The van der Waals surface area contributed by atoms with E-state index in [4.69, 9.17) is 23.2 Å². The van der Waals surface area contributed by atoms with Gasteiger partial charge < -0.3 is 0 Å². The van der Waals surface area contributed by atoms with Gasteiger partial charge in [-0.1, -0.05) is 49.7 Å². The van der Waals surface area contributed by atoms with E-state index >= 15 is 0 Å². The average molecular weight is 419 g/mol. The molecule has 2 rings (SSSR count). The Kier molecular flexibility index (Phi) is 5.76. The molecule has 20 heavy (non-hydrogen) atoms. The van der Waals surface area contributed by atoms with Crippen LogP contribution in [0.5, 0.6) is 0 Å². The SMILES string of the molecule is CC(C)Cc1ccc(C(Cl)c2cc(Cl)ccc2I)cc1. The summed E-state index contributed by atoms with van der Waals surface area (Å²) >= 11 is 15.0. The van der Waals surface area contributed by atoms with E-state index in [0.717, 1.165) is 26.1 Å². The first-order valence-electron chi connectivity index (χ1n) is 6.65. The predicted octanol–water partition coefficient (Wildman–Crippen LogP) is 6.47. The number of hydrogen-bond donors (Lipinski definition) is 0. The van der Waals surface area contributed by atoms with Crippen molar-refractivity contribution in [1.29, 1.82) is 0 Å². The second-order valence-corrected chi connectivity index (χ2v) is 7.40. The largest absolute Gasteiger partial charge is 0.113 e. The average Bonchev–Trinajstić information content (AvgIpc) is 2.41. The molecule has 3 heteroatoms. The third kappa shape index (κ3) is 4.12. The minimum Gasteiger partial charge on any atom is -0.113 e. The maximum atomic E-state index is 6.60. The second-order valence-electron chi connectivity index (χ2n) is 5.37. The Hall–Kier alpha value is -0.250. The molecule has 0 aliphatic rings. The molecule has 2 aromatic rings. The molecule has 1 unspecified atom stereocenters. The van der Waals surface area contributed by atoms with Gasteiger partial charge in [0.05, 0.1) is 5.38 Å². The van der Waals surface area contributed by atoms with Crippen LogP contribution in [-0.2, 0) is 6.42 Å². The van der Waals surface area contributed by atoms with Crippen molar-refractivity contribution in [3.63, 3.8) is 0 Å². The number of alkyl halides is 1. The van der Waals surface area contributed by atoms with Crippen molar-refractivity contribution in [3.8, 4) is 0 Å². The lowest BCUT2D eigenvalue weighted by Gasteiger charge is -2.14. The number of rotatable bonds is 4. The van der Waals surface area contributed by atoms with Crippen LogP contribution in [-0.4, -0.2) is 0 Å². The summed E-state index contributed by atoms with van der Waals surface area (Å²) in [5, 5.41) is 0.566. The van der Waals surface area contributed by atoms with Gasteiger partial charge in [0.2, 0.25) is 0 Å². The van der Waals surface area contributed by atoms with Crippen LogP contribution >= 0.6 is 45.8 Å². The highest BCUT2D eigenvalue weighted by atomic mass is 127. The number of benzene rings is 2. The minimum atomic E-state index is -0.159. The van der Waals surface area contributed by atoms with Gasteiger partial charge in [-0.2, -0.15) is 0 Å². The van der Waals surface area contributed by atoms with Crippen LogP contribution in [0, 0.1) is 9.49 Å². The molecule has 0 amide bonds. The lowest BCUT2D eigenvalue weighted by Crippen LogP contribution is -1.98. The lowest BCUT2D eigenvalue weighted by molar-refractivity contribution is 0.647.